The molecule has 1 amide bonds. The van der Waals surface area contributed by atoms with E-state index in [1.54, 1.807) is 37.3 Å². The van der Waals surface area contributed by atoms with Crippen molar-refractivity contribution in [2.24, 2.45) is 0 Å². The topological polar surface area (TPSA) is 66.5 Å². The molecule has 0 bridgehead atoms. The minimum atomic E-state index is -3.61. The van der Waals surface area contributed by atoms with Gasteiger partial charge in [-0.3, -0.25) is 9.10 Å². The zero-order chi connectivity index (χ0) is 18.8. The van der Waals surface area contributed by atoms with Crippen molar-refractivity contribution in [1.29, 1.82) is 0 Å². The van der Waals surface area contributed by atoms with Gasteiger partial charge in [-0.05, 0) is 51.0 Å². The molecule has 5 nitrogen and oxygen atoms in total. The average Bonchev–Trinajstić information content (AvgIpc) is 2.50. The smallest absolute Gasteiger partial charge is 0.248 e. The van der Waals surface area contributed by atoms with E-state index in [4.69, 9.17) is 0 Å². The van der Waals surface area contributed by atoms with Crippen LogP contribution in [0.25, 0.3) is 0 Å². The number of hydrogen-bond donors (Lipinski definition) is 1. The molecule has 6 heteroatoms. The lowest BCUT2D eigenvalue weighted by atomic mass is 10.0. The Labute approximate surface area is 149 Å². The summed E-state index contributed by atoms with van der Waals surface area (Å²) < 4.78 is 25.6. The highest BCUT2D eigenvalue weighted by molar-refractivity contribution is 7.92. The fourth-order valence-corrected chi connectivity index (χ4v) is 4.16. The Balaban J connectivity index is 2.34. The Morgan fingerprint density at radius 2 is 1.56 bits per heavy atom. The van der Waals surface area contributed by atoms with Crippen molar-refractivity contribution in [2.75, 3.05) is 15.9 Å². The fraction of sp³-hybridized carbons (Fsp3) is 0.316. The minimum absolute atomic E-state index is 0.371. The Hall–Kier alpha value is -2.34. The highest BCUT2D eigenvalue weighted by atomic mass is 32.2. The molecule has 0 aliphatic rings. The normalized spacial score (nSPS) is 12.5. The third kappa shape index (κ3) is 4.39. The van der Waals surface area contributed by atoms with Gasteiger partial charge in [-0.2, -0.15) is 0 Å². The number of carbonyl (C=O) groups is 1. The van der Waals surface area contributed by atoms with Crippen molar-refractivity contribution in [2.45, 2.75) is 33.7 Å². The van der Waals surface area contributed by atoms with Crippen LogP contribution in [0.3, 0.4) is 0 Å². The van der Waals surface area contributed by atoms with Crippen molar-refractivity contribution in [1.82, 2.24) is 0 Å². The number of nitrogens with zero attached hydrogens (tertiary/aromatic N) is 1. The monoisotopic (exact) mass is 360 g/mol. The SMILES string of the molecule is Cc1cc(C)c(NC(=O)C(C)N(c2ccccc2)S(C)(=O)=O)c(C)c1. The number of carbonyl (C=O) groups excluding carboxylic acids is 1. The number of anilines is 2. The molecule has 0 heterocycles. The Kier molecular flexibility index (Phi) is 5.52. The highest BCUT2D eigenvalue weighted by Crippen LogP contribution is 2.24. The van der Waals surface area contributed by atoms with Crippen LogP contribution in [0.2, 0.25) is 0 Å². The molecule has 2 aromatic rings. The predicted octanol–water partition coefficient (Wildman–Crippen LogP) is 3.41. The summed E-state index contributed by atoms with van der Waals surface area (Å²) in [5.41, 5.74) is 4.20. The molecular formula is C19H24N2O3S. The average molecular weight is 360 g/mol. The Morgan fingerprint density at radius 1 is 1.04 bits per heavy atom. The van der Waals surface area contributed by atoms with Gasteiger partial charge in [0.15, 0.2) is 0 Å². The van der Waals surface area contributed by atoms with E-state index < -0.39 is 16.1 Å². The molecule has 0 aliphatic heterocycles. The van der Waals surface area contributed by atoms with Crippen LogP contribution < -0.4 is 9.62 Å². The maximum Gasteiger partial charge on any atom is 0.248 e. The van der Waals surface area contributed by atoms with Gasteiger partial charge in [-0.15, -0.1) is 0 Å². The van der Waals surface area contributed by atoms with Gasteiger partial charge in [-0.1, -0.05) is 35.9 Å². The number of hydrogen-bond acceptors (Lipinski definition) is 3. The molecule has 134 valence electrons. The molecule has 0 fully saturated rings. The molecule has 0 spiro atoms. The summed E-state index contributed by atoms with van der Waals surface area (Å²) in [4.78, 5) is 12.7. The van der Waals surface area contributed by atoms with E-state index in [-0.39, 0.29) is 5.91 Å². The zero-order valence-corrected chi connectivity index (χ0v) is 16.0. The molecule has 2 aromatic carbocycles. The van der Waals surface area contributed by atoms with Crippen molar-refractivity contribution in [3.63, 3.8) is 0 Å². The van der Waals surface area contributed by atoms with Crippen LogP contribution >= 0.6 is 0 Å². The fourth-order valence-electron chi connectivity index (χ4n) is 2.99. The first-order valence-corrected chi connectivity index (χ1v) is 9.89. The second-order valence-corrected chi connectivity index (χ2v) is 8.19. The molecule has 0 radical (unpaired) electrons. The Morgan fingerprint density at radius 3 is 2.04 bits per heavy atom. The van der Waals surface area contributed by atoms with Gasteiger partial charge in [0.2, 0.25) is 15.9 Å². The van der Waals surface area contributed by atoms with Gasteiger partial charge in [-0.25, -0.2) is 8.42 Å². The largest absolute Gasteiger partial charge is 0.324 e. The van der Waals surface area contributed by atoms with Gasteiger partial charge in [0, 0.05) is 5.69 Å². The third-order valence-corrected chi connectivity index (χ3v) is 5.27. The molecule has 2 rings (SSSR count). The van der Waals surface area contributed by atoms with E-state index in [1.165, 1.54) is 0 Å². The lowest BCUT2D eigenvalue weighted by molar-refractivity contribution is -0.116. The number of amides is 1. The lowest BCUT2D eigenvalue weighted by Gasteiger charge is -2.28. The molecule has 1 N–H and O–H groups in total. The standard InChI is InChI=1S/C19H24N2O3S/c1-13-11-14(2)18(15(3)12-13)20-19(22)16(4)21(25(5,23)24)17-9-7-6-8-10-17/h6-12,16H,1-5H3,(H,20,22). The maximum atomic E-state index is 12.7. The highest BCUT2D eigenvalue weighted by Gasteiger charge is 2.29. The second-order valence-electron chi connectivity index (χ2n) is 6.33. The van der Waals surface area contributed by atoms with Crippen LogP contribution in [0.15, 0.2) is 42.5 Å². The molecule has 0 aliphatic carbocycles. The predicted molar refractivity (Wildman–Crippen MR) is 103 cm³/mol. The summed E-state index contributed by atoms with van der Waals surface area (Å²) in [7, 11) is -3.61. The summed E-state index contributed by atoms with van der Waals surface area (Å²) >= 11 is 0. The number of nitrogens with one attached hydrogen (secondary N) is 1. The van der Waals surface area contributed by atoms with Crippen LogP contribution in [0.1, 0.15) is 23.6 Å². The van der Waals surface area contributed by atoms with Crippen LogP contribution in [0.5, 0.6) is 0 Å². The van der Waals surface area contributed by atoms with E-state index in [0.29, 0.717) is 5.69 Å². The van der Waals surface area contributed by atoms with Crippen molar-refractivity contribution >= 4 is 27.3 Å². The number of aryl methyl sites for hydroxylation is 3. The maximum absolute atomic E-state index is 12.7. The van der Waals surface area contributed by atoms with Crippen LogP contribution in [0, 0.1) is 20.8 Å². The van der Waals surface area contributed by atoms with Crippen LogP contribution in [-0.2, 0) is 14.8 Å². The van der Waals surface area contributed by atoms with Crippen molar-refractivity contribution in [3.05, 3.63) is 59.2 Å². The van der Waals surface area contributed by atoms with Gasteiger partial charge >= 0.3 is 0 Å². The zero-order valence-electron chi connectivity index (χ0n) is 15.2. The Bertz CT molecular complexity index is 854. The second kappa shape index (κ2) is 7.27. The van der Waals surface area contributed by atoms with Gasteiger partial charge in [0.1, 0.15) is 6.04 Å². The molecule has 0 saturated carbocycles. The van der Waals surface area contributed by atoms with Crippen LogP contribution in [0.4, 0.5) is 11.4 Å². The summed E-state index contributed by atoms with van der Waals surface area (Å²) in [6, 6.07) is 11.7. The van der Waals surface area contributed by atoms with Crippen LogP contribution in [-0.4, -0.2) is 26.6 Å². The number of para-hydroxylation sites is 1. The summed E-state index contributed by atoms with van der Waals surface area (Å²) in [5.74, 6) is -0.371. The van der Waals surface area contributed by atoms with E-state index in [9.17, 15) is 13.2 Å². The molecule has 1 atom stereocenters. The van der Waals surface area contributed by atoms with Gasteiger partial charge < -0.3 is 5.32 Å². The minimum Gasteiger partial charge on any atom is -0.324 e. The molecule has 0 saturated heterocycles. The number of rotatable bonds is 5. The molecule has 1 unspecified atom stereocenters. The molecule has 0 aromatic heterocycles. The molecule has 25 heavy (non-hydrogen) atoms. The third-order valence-electron chi connectivity index (χ3n) is 4.02. The van der Waals surface area contributed by atoms with Crippen molar-refractivity contribution in [3.8, 4) is 0 Å². The lowest BCUT2D eigenvalue weighted by Crippen LogP contribution is -2.45. The first kappa shape index (κ1) is 19.0. The first-order valence-electron chi connectivity index (χ1n) is 8.04. The number of benzene rings is 2. The molecular weight excluding hydrogens is 336 g/mol. The quantitative estimate of drug-likeness (QED) is 0.888. The van der Waals surface area contributed by atoms with E-state index in [1.807, 2.05) is 32.9 Å². The first-order chi connectivity index (χ1) is 11.6. The van der Waals surface area contributed by atoms with E-state index >= 15 is 0 Å². The summed E-state index contributed by atoms with van der Waals surface area (Å²) in [6.45, 7) is 7.43. The van der Waals surface area contributed by atoms with Gasteiger partial charge in [0.25, 0.3) is 0 Å². The van der Waals surface area contributed by atoms with Gasteiger partial charge in [0.05, 0.1) is 11.9 Å². The summed E-state index contributed by atoms with van der Waals surface area (Å²) in [5, 5.41) is 2.88. The number of sulfonamides is 1. The summed E-state index contributed by atoms with van der Waals surface area (Å²) in [6.07, 6.45) is 1.10. The van der Waals surface area contributed by atoms with E-state index in [0.717, 1.165) is 32.9 Å². The van der Waals surface area contributed by atoms with Crippen molar-refractivity contribution < 1.29 is 13.2 Å². The van der Waals surface area contributed by atoms with E-state index in [2.05, 4.69) is 5.32 Å².